The lowest BCUT2D eigenvalue weighted by atomic mass is 10.0. The van der Waals surface area contributed by atoms with E-state index in [2.05, 4.69) is 57.7 Å². The minimum atomic E-state index is 0.701. The van der Waals surface area contributed by atoms with Gasteiger partial charge in [-0.15, -0.1) is 0 Å². The van der Waals surface area contributed by atoms with Crippen LogP contribution in [0.1, 0.15) is 19.3 Å². The van der Waals surface area contributed by atoms with Crippen LogP contribution in [0.5, 0.6) is 0 Å². The number of hydrogen-bond acceptors (Lipinski definition) is 12. The van der Waals surface area contributed by atoms with E-state index in [1.54, 1.807) is 0 Å². The first-order chi connectivity index (χ1) is 20.4. The molecule has 9 N–H and O–H groups in total. The minimum absolute atomic E-state index is 0.701. The van der Waals surface area contributed by atoms with Gasteiger partial charge in [0.15, 0.2) is 0 Å². The smallest absolute Gasteiger partial charge is 0.0233 e. The highest BCUT2D eigenvalue weighted by atomic mass is 32.2. The van der Waals surface area contributed by atoms with Gasteiger partial charge in [0.05, 0.1) is 0 Å². The molecule has 0 aliphatic carbocycles. The van der Waals surface area contributed by atoms with E-state index < -0.39 is 0 Å². The van der Waals surface area contributed by atoms with Gasteiger partial charge in [-0.25, -0.2) is 0 Å². The molecule has 0 aromatic rings. The van der Waals surface area contributed by atoms with E-state index in [0.717, 1.165) is 137 Å². The van der Waals surface area contributed by atoms with E-state index in [0.29, 0.717) is 6.04 Å². The zero-order chi connectivity index (χ0) is 28.5. The second-order valence-electron chi connectivity index (χ2n) is 11.6. The van der Waals surface area contributed by atoms with E-state index in [-0.39, 0.29) is 0 Å². The molecule has 3 fully saturated rings. The van der Waals surface area contributed by atoms with Gasteiger partial charge in [0.25, 0.3) is 0 Å². The summed E-state index contributed by atoms with van der Waals surface area (Å²) in [6.07, 6.45) is 4.01. The minimum Gasteiger partial charge on any atom is -0.315 e. The maximum absolute atomic E-state index is 3.69. The van der Waals surface area contributed by atoms with Crippen molar-refractivity contribution in [3.8, 4) is 0 Å². The molecule has 2 unspecified atom stereocenters. The summed E-state index contributed by atoms with van der Waals surface area (Å²) in [7, 11) is 0. The number of thioether (sulfide) groups is 1. The second kappa shape index (κ2) is 25.3. The monoisotopic (exact) mass is 600 g/mol. The van der Waals surface area contributed by atoms with Crippen molar-refractivity contribution in [2.45, 2.75) is 31.3 Å². The van der Waals surface area contributed by atoms with E-state index in [9.17, 15) is 0 Å². The third-order valence-corrected chi connectivity index (χ3v) is 9.38. The lowest BCUT2D eigenvalue weighted by molar-refractivity contribution is 0.0914. The zero-order valence-electron chi connectivity index (χ0n) is 26.0. The van der Waals surface area contributed by atoms with Gasteiger partial charge < -0.3 is 47.9 Å². The first-order valence-electron chi connectivity index (χ1n) is 16.9. The molecular formula is C29H65N11S. The van der Waals surface area contributed by atoms with Crippen LogP contribution in [-0.4, -0.2) is 177 Å². The molecule has 3 saturated heterocycles. The van der Waals surface area contributed by atoms with Crippen LogP contribution in [0.4, 0.5) is 0 Å². The maximum atomic E-state index is 3.69. The topological polar surface area (TPSA) is 115 Å². The molecule has 0 amide bonds. The van der Waals surface area contributed by atoms with Gasteiger partial charge in [-0.3, -0.25) is 9.80 Å². The maximum Gasteiger partial charge on any atom is 0.0233 e. The standard InChI is InChI=1S/C29H65N11S/c1-2-28-26-37-14-12-32-7-11-36-19-25-41-24-18-35-10-6-30-4-8-34-17-23-40-21-3-29(40)27-38-15-13-31-5-9-33-16-22-39(28)20-1/h28-38H,1-27H2. The molecule has 3 rings (SSSR count). The fraction of sp³-hybridized carbons (Fsp3) is 1.00. The third-order valence-electron chi connectivity index (χ3n) is 8.39. The van der Waals surface area contributed by atoms with Gasteiger partial charge in [0.1, 0.15) is 0 Å². The fourth-order valence-corrected chi connectivity index (χ4v) is 6.53. The number of hydrogen-bond donors (Lipinski definition) is 9. The number of rotatable bonds is 0. The predicted octanol–water partition coefficient (Wildman–Crippen LogP) is -2.42. The summed E-state index contributed by atoms with van der Waals surface area (Å²) in [4.78, 5) is 5.30. The largest absolute Gasteiger partial charge is 0.315 e. The Morgan fingerprint density at radius 2 is 0.756 bits per heavy atom. The summed E-state index contributed by atoms with van der Waals surface area (Å²) in [6.45, 7) is 24.0. The van der Waals surface area contributed by atoms with Crippen molar-refractivity contribution in [2.24, 2.45) is 0 Å². The Morgan fingerprint density at radius 1 is 0.366 bits per heavy atom. The van der Waals surface area contributed by atoms with Crippen LogP contribution in [0.15, 0.2) is 0 Å². The summed E-state index contributed by atoms with van der Waals surface area (Å²) < 4.78 is 0. The van der Waals surface area contributed by atoms with Gasteiger partial charge >= 0.3 is 0 Å². The van der Waals surface area contributed by atoms with Crippen molar-refractivity contribution < 1.29 is 0 Å². The van der Waals surface area contributed by atoms with Crippen LogP contribution in [0, 0.1) is 0 Å². The zero-order valence-corrected chi connectivity index (χ0v) is 26.9. The quantitative estimate of drug-likeness (QED) is 0.148. The molecule has 11 nitrogen and oxygen atoms in total. The highest BCUT2D eigenvalue weighted by Gasteiger charge is 2.26. The van der Waals surface area contributed by atoms with E-state index in [4.69, 9.17) is 0 Å². The fourth-order valence-electron chi connectivity index (χ4n) is 5.75. The van der Waals surface area contributed by atoms with Crippen molar-refractivity contribution in [2.75, 3.05) is 155 Å². The molecule has 0 aromatic heterocycles. The van der Waals surface area contributed by atoms with Crippen LogP contribution in [-0.2, 0) is 0 Å². The van der Waals surface area contributed by atoms with Crippen molar-refractivity contribution in [3.05, 3.63) is 0 Å². The number of nitrogens with one attached hydrogen (secondary N) is 9. The highest BCUT2D eigenvalue weighted by Crippen LogP contribution is 2.16. The van der Waals surface area contributed by atoms with Gasteiger partial charge in [-0.05, 0) is 25.8 Å². The van der Waals surface area contributed by atoms with E-state index >= 15 is 0 Å². The lowest BCUT2D eigenvalue weighted by Crippen LogP contribution is -2.55. The Morgan fingerprint density at radius 3 is 1.22 bits per heavy atom. The molecule has 2 atom stereocenters. The van der Waals surface area contributed by atoms with Crippen molar-refractivity contribution >= 4 is 11.8 Å². The molecule has 0 bridgehead atoms. The Bertz CT molecular complexity index is 591. The Labute approximate surface area is 256 Å². The molecule has 242 valence electrons. The van der Waals surface area contributed by atoms with Crippen molar-refractivity contribution in [3.63, 3.8) is 0 Å². The van der Waals surface area contributed by atoms with Crippen LogP contribution in [0.25, 0.3) is 0 Å². The van der Waals surface area contributed by atoms with E-state index in [1.165, 1.54) is 43.9 Å². The number of fused-ring (bicyclic) bond motifs is 2. The molecule has 0 aromatic carbocycles. The van der Waals surface area contributed by atoms with E-state index in [1.807, 2.05) is 11.8 Å². The molecule has 3 aliphatic rings. The molecular weight excluding hydrogens is 534 g/mol. The molecule has 3 heterocycles. The van der Waals surface area contributed by atoms with Gasteiger partial charge in [-0.2, -0.15) is 11.8 Å². The van der Waals surface area contributed by atoms with Gasteiger partial charge in [-0.1, -0.05) is 0 Å². The van der Waals surface area contributed by atoms with Crippen LogP contribution in [0.3, 0.4) is 0 Å². The van der Waals surface area contributed by atoms with Crippen molar-refractivity contribution in [1.82, 2.24) is 57.7 Å². The first-order valence-corrected chi connectivity index (χ1v) is 18.0. The van der Waals surface area contributed by atoms with Crippen LogP contribution >= 0.6 is 11.8 Å². The number of nitrogens with zero attached hydrogens (tertiary/aromatic N) is 2. The Hall–Kier alpha value is -0.0900. The molecule has 0 radical (unpaired) electrons. The summed E-state index contributed by atoms with van der Waals surface area (Å²) in [5.74, 6) is 2.37. The average molecular weight is 600 g/mol. The molecule has 0 spiro atoms. The lowest BCUT2D eigenvalue weighted by Gasteiger charge is -2.41. The summed E-state index contributed by atoms with van der Waals surface area (Å²) in [5.41, 5.74) is 0. The molecule has 0 saturated carbocycles. The third kappa shape index (κ3) is 17.7. The summed E-state index contributed by atoms with van der Waals surface area (Å²) in [5, 5.41) is 32.4. The van der Waals surface area contributed by atoms with Crippen LogP contribution < -0.4 is 47.9 Å². The Kier molecular flexibility index (Phi) is 21.8. The van der Waals surface area contributed by atoms with Crippen molar-refractivity contribution in [1.29, 1.82) is 0 Å². The molecule has 41 heavy (non-hydrogen) atoms. The first kappa shape index (κ1) is 35.4. The highest BCUT2D eigenvalue weighted by molar-refractivity contribution is 7.99. The molecule has 12 heteroatoms. The van der Waals surface area contributed by atoms with Crippen LogP contribution in [0.2, 0.25) is 0 Å². The summed E-state index contributed by atoms with van der Waals surface area (Å²) >= 11 is 2.04. The van der Waals surface area contributed by atoms with Gasteiger partial charge in [0.2, 0.25) is 0 Å². The van der Waals surface area contributed by atoms with Gasteiger partial charge in [0, 0.05) is 161 Å². The second-order valence-corrected chi connectivity index (χ2v) is 12.8. The normalized spacial score (nSPS) is 29.6. The predicted molar refractivity (Wildman–Crippen MR) is 178 cm³/mol. The molecule has 3 aliphatic heterocycles. The SMILES string of the molecule is C1CC2CNCCNCCNCCSCCNCCNCCNCCN3CCC3CNCCNCCNCCN2C1. The Balaban J connectivity index is 1.23. The summed E-state index contributed by atoms with van der Waals surface area (Å²) in [6, 6.07) is 1.42. The average Bonchev–Trinajstić information content (AvgIpc) is 3.42.